The Morgan fingerprint density at radius 1 is 1.00 bits per heavy atom. The highest BCUT2D eigenvalue weighted by molar-refractivity contribution is 5.27. The summed E-state index contributed by atoms with van der Waals surface area (Å²) in [7, 11) is 0. The van der Waals surface area contributed by atoms with E-state index in [-0.39, 0.29) is 11.5 Å². The first-order valence-electron chi connectivity index (χ1n) is 8.76. The lowest BCUT2D eigenvalue weighted by Crippen LogP contribution is -2.27. The van der Waals surface area contributed by atoms with Crippen molar-refractivity contribution >= 4 is 0 Å². The minimum Gasteiger partial charge on any atom is -0.388 e. The summed E-state index contributed by atoms with van der Waals surface area (Å²) in [6.07, 6.45) is 6.91. The number of rotatable bonds is 6. The molecular weight excluding hydrogens is 256 g/mol. The Bertz CT molecular complexity index is 426. The molecule has 2 atom stereocenters. The van der Waals surface area contributed by atoms with Crippen LogP contribution in [0, 0.1) is 11.3 Å². The topological polar surface area (TPSA) is 20.2 Å². The normalized spacial score (nSPS) is 20.7. The zero-order chi connectivity index (χ0) is 15.5. The van der Waals surface area contributed by atoms with Crippen molar-refractivity contribution in [3.63, 3.8) is 0 Å². The molecule has 0 spiro atoms. The molecule has 1 aliphatic rings. The van der Waals surface area contributed by atoms with Crippen LogP contribution in [0.15, 0.2) is 24.3 Å². The Balaban J connectivity index is 2.19. The third-order valence-electron chi connectivity index (χ3n) is 5.43. The number of benzene rings is 1. The summed E-state index contributed by atoms with van der Waals surface area (Å²) in [5, 5.41) is 11.0. The van der Waals surface area contributed by atoms with Gasteiger partial charge >= 0.3 is 0 Å². The van der Waals surface area contributed by atoms with Gasteiger partial charge in [-0.05, 0) is 48.6 Å². The number of hydrogen-bond donors (Lipinski definition) is 1. The van der Waals surface area contributed by atoms with Crippen molar-refractivity contribution in [3.05, 3.63) is 35.4 Å². The lowest BCUT2D eigenvalue weighted by atomic mass is 9.72. The Morgan fingerprint density at radius 3 is 2.00 bits per heavy atom. The Labute approximate surface area is 130 Å². The molecule has 2 unspecified atom stereocenters. The second-order valence-corrected chi connectivity index (χ2v) is 7.55. The molecule has 1 heteroatoms. The molecule has 1 N–H and O–H groups in total. The van der Waals surface area contributed by atoms with E-state index in [0.29, 0.717) is 11.8 Å². The van der Waals surface area contributed by atoms with Gasteiger partial charge < -0.3 is 5.11 Å². The maximum atomic E-state index is 11.0. The molecule has 2 rings (SSSR count). The molecular formula is C20H32O. The minimum absolute atomic E-state index is 0.117. The van der Waals surface area contributed by atoms with Gasteiger partial charge in [-0.2, -0.15) is 0 Å². The van der Waals surface area contributed by atoms with Crippen LogP contribution in [0.5, 0.6) is 0 Å². The van der Waals surface area contributed by atoms with Crippen LogP contribution >= 0.6 is 0 Å². The first-order valence-corrected chi connectivity index (χ1v) is 8.76. The van der Waals surface area contributed by atoms with Gasteiger partial charge in [-0.1, -0.05) is 64.8 Å². The van der Waals surface area contributed by atoms with Gasteiger partial charge in [0, 0.05) is 5.41 Å². The van der Waals surface area contributed by atoms with Crippen molar-refractivity contribution in [1.29, 1.82) is 0 Å². The molecule has 118 valence electrons. The summed E-state index contributed by atoms with van der Waals surface area (Å²) in [5.41, 5.74) is 2.62. The minimum atomic E-state index is -0.298. The zero-order valence-corrected chi connectivity index (χ0v) is 14.2. The van der Waals surface area contributed by atoms with E-state index < -0.39 is 0 Å². The lowest BCUT2D eigenvalue weighted by molar-refractivity contribution is 0.0112. The fourth-order valence-corrected chi connectivity index (χ4v) is 4.08. The van der Waals surface area contributed by atoms with E-state index in [9.17, 15) is 5.11 Å². The third-order valence-corrected chi connectivity index (χ3v) is 5.43. The van der Waals surface area contributed by atoms with Crippen LogP contribution < -0.4 is 0 Å². The van der Waals surface area contributed by atoms with E-state index in [2.05, 4.69) is 52.0 Å². The average Bonchev–Trinajstić information content (AvgIpc) is 2.94. The predicted octanol–water partition coefficient (Wildman–Crippen LogP) is 5.84. The van der Waals surface area contributed by atoms with Gasteiger partial charge in [0.1, 0.15) is 0 Å². The number of hydrogen-bond acceptors (Lipinski definition) is 1. The van der Waals surface area contributed by atoms with Crippen LogP contribution in [0.3, 0.4) is 0 Å². The van der Waals surface area contributed by atoms with Crippen molar-refractivity contribution in [3.8, 4) is 0 Å². The predicted molar refractivity (Wildman–Crippen MR) is 90.5 cm³/mol. The summed E-state index contributed by atoms with van der Waals surface area (Å²) in [6.45, 7) is 9.05. The summed E-state index contributed by atoms with van der Waals surface area (Å²) in [5.74, 6) is 1.25. The molecule has 1 aromatic rings. The van der Waals surface area contributed by atoms with E-state index in [1.165, 1.54) is 37.7 Å². The highest BCUT2D eigenvalue weighted by Gasteiger charge is 2.41. The molecule has 0 aromatic heterocycles. The van der Waals surface area contributed by atoms with Gasteiger partial charge in [-0.25, -0.2) is 0 Å². The molecule has 1 aliphatic carbocycles. The van der Waals surface area contributed by atoms with E-state index in [1.54, 1.807) is 0 Å². The van der Waals surface area contributed by atoms with Crippen LogP contribution in [0.1, 0.15) is 89.4 Å². The highest BCUT2D eigenvalue weighted by atomic mass is 16.3. The molecule has 1 aromatic carbocycles. The smallest absolute Gasteiger partial charge is 0.0846 e. The molecule has 1 nitrogen and oxygen atoms in total. The molecule has 0 saturated heterocycles. The molecule has 1 fully saturated rings. The summed E-state index contributed by atoms with van der Waals surface area (Å²) in [4.78, 5) is 0. The average molecular weight is 288 g/mol. The first-order chi connectivity index (χ1) is 9.98. The molecule has 0 amide bonds. The van der Waals surface area contributed by atoms with Gasteiger partial charge in [0.2, 0.25) is 0 Å². The van der Waals surface area contributed by atoms with Gasteiger partial charge in [0.15, 0.2) is 0 Å². The van der Waals surface area contributed by atoms with Gasteiger partial charge in [-0.15, -0.1) is 0 Å². The lowest BCUT2D eigenvalue weighted by Gasteiger charge is -2.36. The van der Waals surface area contributed by atoms with E-state index >= 15 is 0 Å². The van der Waals surface area contributed by atoms with Crippen LogP contribution in [0.4, 0.5) is 0 Å². The van der Waals surface area contributed by atoms with Crippen molar-refractivity contribution in [2.75, 3.05) is 0 Å². The van der Waals surface area contributed by atoms with E-state index in [1.807, 2.05) is 0 Å². The van der Waals surface area contributed by atoms with Crippen LogP contribution in [0.2, 0.25) is 0 Å². The first kappa shape index (κ1) is 16.5. The summed E-state index contributed by atoms with van der Waals surface area (Å²) >= 11 is 0. The Kier molecular flexibility index (Phi) is 5.48. The summed E-state index contributed by atoms with van der Waals surface area (Å²) in [6, 6.07) is 8.74. The monoisotopic (exact) mass is 288 g/mol. The van der Waals surface area contributed by atoms with Gasteiger partial charge in [0.25, 0.3) is 0 Å². The maximum absolute atomic E-state index is 11.0. The molecule has 0 heterocycles. The van der Waals surface area contributed by atoms with Crippen LogP contribution in [-0.4, -0.2) is 5.11 Å². The Hall–Kier alpha value is -0.820. The van der Waals surface area contributed by atoms with E-state index in [0.717, 1.165) is 12.0 Å². The second kappa shape index (κ2) is 6.96. The zero-order valence-electron chi connectivity index (χ0n) is 14.2. The number of aliphatic hydroxyl groups excluding tert-OH is 1. The highest BCUT2D eigenvalue weighted by Crippen LogP contribution is 2.51. The molecule has 1 saturated carbocycles. The van der Waals surface area contributed by atoms with Gasteiger partial charge in [-0.3, -0.25) is 0 Å². The largest absolute Gasteiger partial charge is 0.388 e. The van der Waals surface area contributed by atoms with Crippen LogP contribution in [-0.2, 0) is 0 Å². The van der Waals surface area contributed by atoms with Crippen LogP contribution in [0.25, 0.3) is 0 Å². The van der Waals surface area contributed by atoms with Crippen molar-refractivity contribution < 1.29 is 5.11 Å². The molecule has 0 radical (unpaired) electrons. The van der Waals surface area contributed by atoms with E-state index in [4.69, 9.17) is 0 Å². The van der Waals surface area contributed by atoms with Crippen molar-refractivity contribution in [1.82, 2.24) is 0 Å². The maximum Gasteiger partial charge on any atom is 0.0846 e. The summed E-state index contributed by atoms with van der Waals surface area (Å²) < 4.78 is 0. The van der Waals surface area contributed by atoms with Gasteiger partial charge in [0.05, 0.1) is 6.10 Å². The second-order valence-electron chi connectivity index (χ2n) is 7.55. The standard InChI is InChI=1S/C20H32O/c1-5-16(4)17-8-10-18(11-9-17)19(21)20(14-15(2)3)12-6-7-13-20/h8-11,15-16,19,21H,5-7,12-14H2,1-4H3. The molecule has 0 bridgehead atoms. The molecule has 0 aliphatic heterocycles. The fraction of sp³-hybridized carbons (Fsp3) is 0.700. The van der Waals surface area contributed by atoms with Crippen molar-refractivity contribution in [2.45, 2.75) is 78.2 Å². The molecule has 21 heavy (non-hydrogen) atoms. The Morgan fingerprint density at radius 2 is 1.52 bits per heavy atom. The number of aliphatic hydroxyl groups is 1. The fourth-order valence-electron chi connectivity index (χ4n) is 4.08. The SMILES string of the molecule is CCC(C)c1ccc(C(O)C2(CC(C)C)CCCC2)cc1. The quantitative estimate of drug-likeness (QED) is 0.697. The third kappa shape index (κ3) is 3.69. The van der Waals surface area contributed by atoms with Crippen molar-refractivity contribution in [2.24, 2.45) is 11.3 Å².